The van der Waals surface area contributed by atoms with E-state index in [1.807, 2.05) is 22.7 Å². The molecule has 0 saturated carbocycles. The highest BCUT2D eigenvalue weighted by Crippen LogP contribution is 2.54. The van der Waals surface area contributed by atoms with Gasteiger partial charge in [0.1, 0.15) is 0 Å². The van der Waals surface area contributed by atoms with E-state index >= 15 is 0 Å². The summed E-state index contributed by atoms with van der Waals surface area (Å²) in [6.45, 7) is 14.3. The molecule has 0 amide bonds. The van der Waals surface area contributed by atoms with Crippen LogP contribution in [0.4, 0.5) is 32.8 Å². The summed E-state index contributed by atoms with van der Waals surface area (Å²) in [5.74, 6) is 0. The lowest BCUT2D eigenvalue weighted by atomic mass is 9.33. The largest absolute Gasteiger partial charge is 0.302 e. The molecule has 0 unspecified atom stereocenters. The molecule has 73 heavy (non-hydrogen) atoms. The Morgan fingerprint density at radius 2 is 0.658 bits per heavy atom. The van der Waals surface area contributed by atoms with Gasteiger partial charge in [-0.2, -0.15) is 0 Å². The Balaban J connectivity index is 1.12. The lowest BCUT2D eigenvalue weighted by molar-refractivity contribution is 0.507. The molecule has 350 valence electrons. The van der Waals surface area contributed by atoms with Gasteiger partial charge in [-0.1, -0.05) is 193 Å². The molecular weight excluding hydrogens is 920 g/mol. The number of anilines is 6. The molecule has 0 N–H and O–H groups in total. The molecule has 11 aromatic carbocycles. The normalized spacial score (nSPS) is 13.6. The Labute approximate surface area is 434 Å². The highest BCUT2D eigenvalue weighted by Gasteiger charge is 2.47. The third kappa shape index (κ3) is 5.92. The van der Waals surface area contributed by atoms with Gasteiger partial charge < -0.3 is 9.80 Å². The van der Waals surface area contributed by atoms with Crippen molar-refractivity contribution in [1.82, 2.24) is 0 Å². The van der Waals surface area contributed by atoms with Gasteiger partial charge in [0.15, 0.2) is 0 Å². The van der Waals surface area contributed by atoms with Gasteiger partial charge in [0.25, 0.3) is 6.71 Å². The molecule has 0 spiro atoms. The van der Waals surface area contributed by atoms with Gasteiger partial charge in [-0.3, -0.25) is 0 Å². The molecule has 13 aromatic rings. The van der Waals surface area contributed by atoms with Crippen molar-refractivity contribution < 1.29 is 0 Å². The van der Waals surface area contributed by atoms with Crippen molar-refractivity contribution in [1.29, 1.82) is 0 Å². The first kappa shape index (κ1) is 43.2. The van der Waals surface area contributed by atoms with E-state index < -0.39 is 0 Å². The van der Waals surface area contributed by atoms with E-state index in [0.29, 0.717) is 0 Å². The maximum absolute atomic E-state index is 2.69. The summed E-state index contributed by atoms with van der Waals surface area (Å²) in [6, 6.07) is 72.3. The molecule has 0 fully saturated rings. The number of rotatable bonds is 6. The SMILES string of the molecule is CCC(C)(C)c1ccc2sc3c(c2c1)B1c2c(cccc2N(c2cccc4c5ccccc5c5ccccc5c24)c2sc4ccc(C(C)(C)CC)cc4c21)N3c1cccc2c3ccccc3c3ccccc3c12. The van der Waals surface area contributed by atoms with Crippen LogP contribution >= 0.6 is 22.7 Å². The van der Waals surface area contributed by atoms with E-state index in [-0.39, 0.29) is 17.5 Å². The molecule has 0 bridgehead atoms. The molecule has 4 heterocycles. The number of hydrogen-bond acceptors (Lipinski definition) is 4. The van der Waals surface area contributed by atoms with E-state index in [9.17, 15) is 0 Å². The lowest BCUT2D eigenvalue weighted by Gasteiger charge is -2.42. The van der Waals surface area contributed by atoms with E-state index in [2.05, 4.69) is 239 Å². The third-order valence-electron chi connectivity index (χ3n) is 17.5. The van der Waals surface area contributed by atoms with Crippen LogP contribution in [0.1, 0.15) is 65.5 Å². The summed E-state index contributed by atoms with van der Waals surface area (Å²) in [5, 5.41) is 20.8. The second-order valence-electron chi connectivity index (χ2n) is 21.9. The van der Waals surface area contributed by atoms with Crippen LogP contribution in [0, 0.1) is 0 Å². The molecular formula is C68H53BN2S2. The van der Waals surface area contributed by atoms with Gasteiger partial charge in [-0.15, -0.1) is 22.7 Å². The first-order valence-electron chi connectivity index (χ1n) is 26.2. The molecule has 2 nitrogen and oxygen atoms in total. The fourth-order valence-corrected chi connectivity index (χ4v) is 15.4. The molecule has 15 rings (SSSR count). The van der Waals surface area contributed by atoms with Gasteiger partial charge in [0, 0.05) is 31.5 Å². The predicted molar refractivity (Wildman–Crippen MR) is 323 cm³/mol. The zero-order chi connectivity index (χ0) is 49.1. The van der Waals surface area contributed by atoms with E-state index in [0.717, 1.165) is 12.8 Å². The number of hydrogen-bond donors (Lipinski definition) is 0. The van der Waals surface area contributed by atoms with Crippen LogP contribution < -0.4 is 26.2 Å². The fraction of sp³-hybridized carbons (Fsp3) is 0.147. The van der Waals surface area contributed by atoms with Gasteiger partial charge in [-0.05, 0) is 152 Å². The van der Waals surface area contributed by atoms with Crippen LogP contribution in [0.25, 0.3) is 84.8 Å². The van der Waals surface area contributed by atoms with Crippen LogP contribution in [0.5, 0.6) is 0 Å². The molecule has 2 aliphatic heterocycles. The highest BCUT2D eigenvalue weighted by molar-refractivity contribution is 7.29. The first-order valence-corrected chi connectivity index (χ1v) is 27.8. The average Bonchev–Trinajstić information content (AvgIpc) is 4.02. The number of thiophene rings is 2. The van der Waals surface area contributed by atoms with Crippen LogP contribution in [-0.4, -0.2) is 6.71 Å². The predicted octanol–water partition coefficient (Wildman–Crippen LogP) is 18.5. The number of nitrogens with zero attached hydrogens (tertiary/aromatic N) is 2. The van der Waals surface area contributed by atoms with Crippen LogP contribution in [0.2, 0.25) is 0 Å². The molecule has 2 aliphatic rings. The standard InChI is InChI=1S/C68H53BN2S2/c1-7-67(3,4)40-34-36-58-52(38-40)62-65(72-58)70(54-30-17-28-50-46-22-11-9-20-42(46)44-24-13-15-26-48(44)60(50)54)56-32-19-33-57-64(56)69(62)63-53-39-41(68(5,6)8-2)35-37-59(53)73-66(63)71(57)55-31-18-29-51-47-23-12-10-21-43(47)45-25-14-16-27-49(45)61(51)55/h9-39H,7-8H2,1-6H3. The summed E-state index contributed by atoms with van der Waals surface area (Å²) < 4.78 is 2.67. The third-order valence-corrected chi connectivity index (χ3v) is 19.9. The van der Waals surface area contributed by atoms with Crippen molar-refractivity contribution in [3.63, 3.8) is 0 Å². The molecule has 0 atom stereocenters. The smallest absolute Gasteiger partial charge is 0.256 e. The van der Waals surface area contributed by atoms with Crippen LogP contribution in [-0.2, 0) is 10.8 Å². The first-order chi connectivity index (χ1) is 35.6. The fourth-order valence-electron chi connectivity index (χ4n) is 13.0. The summed E-state index contributed by atoms with van der Waals surface area (Å²) in [7, 11) is 0. The number of benzene rings is 11. The maximum Gasteiger partial charge on any atom is 0.256 e. The molecule has 0 aliphatic carbocycles. The van der Waals surface area contributed by atoms with Crippen molar-refractivity contribution in [3.05, 3.63) is 199 Å². The van der Waals surface area contributed by atoms with Crippen molar-refractivity contribution >= 4 is 163 Å². The van der Waals surface area contributed by atoms with Gasteiger partial charge >= 0.3 is 0 Å². The minimum Gasteiger partial charge on any atom is -0.302 e. The van der Waals surface area contributed by atoms with E-state index in [1.54, 1.807) is 0 Å². The van der Waals surface area contributed by atoms with Crippen LogP contribution in [0.3, 0.4) is 0 Å². The van der Waals surface area contributed by atoms with Gasteiger partial charge in [-0.25, -0.2) is 0 Å². The molecule has 2 aromatic heterocycles. The van der Waals surface area contributed by atoms with Crippen molar-refractivity contribution in [2.75, 3.05) is 9.80 Å². The zero-order valence-electron chi connectivity index (χ0n) is 42.1. The summed E-state index contributed by atoms with van der Waals surface area (Å²) >= 11 is 3.94. The second-order valence-corrected chi connectivity index (χ2v) is 24.0. The average molecular weight is 973 g/mol. The minimum atomic E-state index is -0.0220. The molecule has 0 saturated heterocycles. The van der Waals surface area contributed by atoms with E-state index in [1.165, 1.54) is 145 Å². The van der Waals surface area contributed by atoms with Crippen molar-refractivity contribution in [2.45, 2.75) is 65.2 Å². The van der Waals surface area contributed by atoms with Crippen LogP contribution in [0.15, 0.2) is 188 Å². The Bertz CT molecular complexity index is 4140. The molecule has 0 radical (unpaired) electrons. The summed E-state index contributed by atoms with van der Waals surface area (Å²) in [4.78, 5) is 5.39. The summed E-state index contributed by atoms with van der Waals surface area (Å²) in [5.41, 5.74) is 12.0. The Morgan fingerprint density at radius 1 is 0.342 bits per heavy atom. The summed E-state index contributed by atoms with van der Waals surface area (Å²) in [6.07, 6.45) is 2.12. The number of fused-ring (bicyclic) bond motifs is 20. The minimum absolute atomic E-state index is 0.0155. The lowest BCUT2D eigenvalue weighted by Crippen LogP contribution is -2.60. The Kier molecular flexibility index (Phi) is 9.19. The topological polar surface area (TPSA) is 6.48 Å². The maximum atomic E-state index is 2.69. The Hall–Kier alpha value is -7.44. The van der Waals surface area contributed by atoms with Crippen molar-refractivity contribution in [3.8, 4) is 0 Å². The highest BCUT2D eigenvalue weighted by atomic mass is 32.1. The zero-order valence-corrected chi connectivity index (χ0v) is 43.7. The monoisotopic (exact) mass is 972 g/mol. The molecule has 5 heteroatoms. The van der Waals surface area contributed by atoms with E-state index in [4.69, 9.17) is 0 Å². The quantitative estimate of drug-likeness (QED) is 0.121. The Morgan fingerprint density at radius 3 is 1.03 bits per heavy atom. The second kappa shape index (κ2) is 15.5. The van der Waals surface area contributed by atoms with Crippen molar-refractivity contribution in [2.24, 2.45) is 0 Å². The van der Waals surface area contributed by atoms with Gasteiger partial charge in [0.05, 0.1) is 21.4 Å². The van der Waals surface area contributed by atoms with Gasteiger partial charge in [0.2, 0.25) is 0 Å².